The largest absolute Gasteiger partial charge is 0.497 e. The van der Waals surface area contributed by atoms with Gasteiger partial charge in [0.05, 0.1) is 22.9 Å². The van der Waals surface area contributed by atoms with Crippen molar-refractivity contribution in [1.29, 1.82) is 0 Å². The molecule has 1 N–H and O–H groups in total. The smallest absolute Gasteiger partial charge is 0.336 e. The zero-order valence-corrected chi connectivity index (χ0v) is 11.5. The van der Waals surface area contributed by atoms with Gasteiger partial charge in [-0.15, -0.1) is 11.3 Å². The fraction of sp³-hybridized carbons (Fsp3) is 0.0667. The van der Waals surface area contributed by atoms with Gasteiger partial charge in [-0.1, -0.05) is 18.2 Å². The summed E-state index contributed by atoms with van der Waals surface area (Å²) >= 11 is 1.46. The van der Waals surface area contributed by atoms with E-state index in [4.69, 9.17) is 4.74 Å². The van der Waals surface area contributed by atoms with Gasteiger partial charge in [0.25, 0.3) is 0 Å². The Bertz CT molecular complexity index is 795. The van der Waals surface area contributed by atoms with Crippen LogP contribution in [0.2, 0.25) is 0 Å². The van der Waals surface area contributed by atoms with Gasteiger partial charge in [-0.25, -0.2) is 9.78 Å². The lowest BCUT2D eigenvalue weighted by Gasteiger charge is -2.01. The van der Waals surface area contributed by atoms with Gasteiger partial charge < -0.3 is 9.84 Å². The minimum atomic E-state index is -0.947. The van der Waals surface area contributed by atoms with Crippen LogP contribution in [0.15, 0.2) is 42.5 Å². The summed E-state index contributed by atoms with van der Waals surface area (Å²) in [7, 11) is 1.61. The monoisotopic (exact) mass is 285 g/mol. The maximum atomic E-state index is 11.3. The van der Waals surface area contributed by atoms with E-state index >= 15 is 0 Å². The van der Waals surface area contributed by atoms with Gasteiger partial charge in [0, 0.05) is 5.56 Å². The van der Waals surface area contributed by atoms with Gasteiger partial charge in [-0.05, 0) is 24.3 Å². The van der Waals surface area contributed by atoms with Crippen LogP contribution in [0, 0.1) is 0 Å². The van der Waals surface area contributed by atoms with Crippen LogP contribution in [-0.4, -0.2) is 23.2 Å². The molecule has 2 aromatic carbocycles. The standard InChI is InChI=1S/C15H11NO3S/c1-19-9-6-7-12-13(8-9)20-14(16-12)10-4-2-3-5-11(10)15(17)18/h2-8H,1H3,(H,17,18). The summed E-state index contributed by atoms with van der Waals surface area (Å²) in [5, 5.41) is 9.94. The topological polar surface area (TPSA) is 59.4 Å². The maximum absolute atomic E-state index is 11.3. The summed E-state index contributed by atoms with van der Waals surface area (Å²) in [6, 6.07) is 12.5. The number of aromatic nitrogens is 1. The van der Waals surface area contributed by atoms with Crippen molar-refractivity contribution in [2.75, 3.05) is 7.11 Å². The lowest BCUT2D eigenvalue weighted by atomic mass is 10.1. The second kappa shape index (κ2) is 4.94. The molecule has 4 nitrogen and oxygen atoms in total. The average Bonchev–Trinajstić information content (AvgIpc) is 2.89. The number of carbonyl (C=O) groups is 1. The molecule has 100 valence electrons. The minimum Gasteiger partial charge on any atom is -0.497 e. The number of hydrogen-bond donors (Lipinski definition) is 1. The molecule has 3 aromatic rings. The Kier molecular flexibility index (Phi) is 3.12. The molecule has 0 amide bonds. The van der Waals surface area contributed by atoms with E-state index in [9.17, 15) is 9.90 Å². The average molecular weight is 285 g/mol. The maximum Gasteiger partial charge on any atom is 0.336 e. The normalized spacial score (nSPS) is 10.7. The lowest BCUT2D eigenvalue weighted by molar-refractivity contribution is 0.0697. The molecule has 1 heterocycles. The van der Waals surface area contributed by atoms with Crippen LogP contribution in [0.1, 0.15) is 10.4 Å². The lowest BCUT2D eigenvalue weighted by Crippen LogP contribution is -1.98. The Labute approximate surface area is 119 Å². The van der Waals surface area contributed by atoms with Crippen molar-refractivity contribution in [3.63, 3.8) is 0 Å². The molecule has 0 spiro atoms. The predicted molar refractivity (Wildman–Crippen MR) is 78.6 cm³/mol. The number of benzene rings is 2. The zero-order valence-electron chi connectivity index (χ0n) is 10.7. The molecule has 0 saturated carbocycles. The van der Waals surface area contributed by atoms with E-state index in [1.165, 1.54) is 11.3 Å². The summed E-state index contributed by atoms with van der Waals surface area (Å²) < 4.78 is 6.16. The molecule has 0 fully saturated rings. The van der Waals surface area contributed by atoms with Gasteiger partial charge in [-0.2, -0.15) is 0 Å². The van der Waals surface area contributed by atoms with Crippen molar-refractivity contribution in [2.24, 2.45) is 0 Å². The Morgan fingerprint density at radius 2 is 2.05 bits per heavy atom. The van der Waals surface area contributed by atoms with Gasteiger partial charge in [0.1, 0.15) is 10.8 Å². The first kappa shape index (κ1) is 12.6. The van der Waals surface area contributed by atoms with Crippen molar-refractivity contribution in [3.05, 3.63) is 48.0 Å². The van der Waals surface area contributed by atoms with Gasteiger partial charge >= 0.3 is 5.97 Å². The molecule has 20 heavy (non-hydrogen) atoms. The summed E-state index contributed by atoms with van der Waals surface area (Å²) in [6.07, 6.45) is 0. The van der Waals surface area contributed by atoms with E-state index in [0.717, 1.165) is 16.0 Å². The number of thiazole rings is 1. The van der Waals surface area contributed by atoms with E-state index in [1.54, 1.807) is 25.3 Å². The van der Waals surface area contributed by atoms with Crippen LogP contribution >= 0.6 is 11.3 Å². The van der Waals surface area contributed by atoms with E-state index < -0.39 is 5.97 Å². The quantitative estimate of drug-likeness (QED) is 0.797. The van der Waals surface area contributed by atoms with Crippen LogP contribution in [0.3, 0.4) is 0 Å². The molecule has 0 unspecified atom stereocenters. The van der Waals surface area contributed by atoms with Crippen molar-refractivity contribution < 1.29 is 14.6 Å². The van der Waals surface area contributed by atoms with Crippen LogP contribution in [-0.2, 0) is 0 Å². The van der Waals surface area contributed by atoms with E-state index in [0.29, 0.717) is 10.6 Å². The fourth-order valence-electron chi connectivity index (χ4n) is 2.00. The molecule has 3 rings (SSSR count). The van der Waals surface area contributed by atoms with Gasteiger partial charge in [-0.3, -0.25) is 0 Å². The van der Waals surface area contributed by atoms with Crippen LogP contribution in [0.4, 0.5) is 0 Å². The zero-order chi connectivity index (χ0) is 14.1. The Morgan fingerprint density at radius 1 is 1.25 bits per heavy atom. The molecule has 0 saturated heterocycles. The third-order valence-electron chi connectivity index (χ3n) is 2.98. The number of rotatable bonds is 3. The van der Waals surface area contributed by atoms with Crippen LogP contribution in [0.5, 0.6) is 5.75 Å². The van der Waals surface area contributed by atoms with E-state index in [-0.39, 0.29) is 5.56 Å². The van der Waals surface area contributed by atoms with Crippen LogP contribution in [0.25, 0.3) is 20.8 Å². The van der Waals surface area contributed by atoms with Crippen molar-refractivity contribution in [1.82, 2.24) is 4.98 Å². The molecule has 0 radical (unpaired) electrons. The summed E-state index contributed by atoms with van der Waals surface area (Å²) in [5.41, 5.74) is 1.74. The molecule has 0 aliphatic heterocycles. The first-order valence-electron chi connectivity index (χ1n) is 5.96. The minimum absolute atomic E-state index is 0.263. The Hall–Kier alpha value is -2.40. The number of aromatic carboxylic acids is 1. The van der Waals surface area contributed by atoms with E-state index in [2.05, 4.69) is 4.98 Å². The highest BCUT2D eigenvalue weighted by Crippen LogP contribution is 2.33. The molecule has 5 heteroatoms. The molecule has 0 aliphatic rings. The highest BCUT2D eigenvalue weighted by Gasteiger charge is 2.14. The number of ether oxygens (including phenoxy) is 1. The van der Waals surface area contributed by atoms with Gasteiger partial charge in [0.2, 0.25) is 0 Å². The number of carboxylic acid groups (broad SMARTS) is 1. The number of hydrogen-bond acceptors (Lipinski definition) is 4. The second-order valence-electron chi connectivity index (χ2n) is 4.20. The summed E-state index contributed by atoms with van der Waals surface area (Å²) in [4.78, 5) is 15.8. The van der Waals surface area contributed by atoms with Crippen LogP contribution < -0.4 is 4.74 Å². The fourth-order valence-corrected chi connectivity index (χ4v) is 3.04. The molecule has 0 atom stereocenters. The molecule has 1 aromatic heterocycles. The Balaban J connectivity index is 2.18. The SMILES string of the molecule is COc1ccc2nc(-c3ccccc3C(=O)O)sc2c1. The Morgan fingerprint density at radius 3 is 2.80 bits per heavy atom. The van der Waals surface area contributed by atoms with E-state index in [1.807, 2.05) is 24.3 Å². The molecular weight excluding hydrogens is 274 g/mol. The first-order chi connectivity index (χ1) is 9.69. The molecular formula is C15H11NO3S. The van der Waals surface area contributed by atoms with Crippen molar-refractivity contribution in [3.8, 4) is 16.3 Å². The first-order valence-corrected chi connectivity index (χ1v) is 6.78. The number of fused-ring (bicyclic) bond motifs is 1. The summed E-state index contributed by atoms with van der Waals surface area (Å²) in [5.74, 6) is -0.184. The number of methoxy groups -OCH3 is 1. The molecule has 0 aliphatic carbocycles. The third kappa shape index (κ3) is 2.12. The number of carboxylic acids is 1. The predicted octanol–water partition coefficient (Wildman–Crippen LogP) is 3.67. The third-order valence-corrected chi connectivity index (χ3v) is 4.03. The van der Waals surface area contributed by atoms with Crippen molar-refractivity contribution in [2.45, 2.75) is 0 Å². The molecule has 0 bridgehead atoms. The highest BCUT2D eigenvalue weighted by atomic mass is 32.1. The number of nitrogens with zero attached hydrogens (tertiary/aromatic N) is 1. The highest BCUT2D eigenvalue weighted by molar-refractivity contribution is 7.21. The summed E-state index contributed by atoms with van der Waals surface area (Å²) in [6.45, 7) is 0. The van der Waals surface area contributed by atoms with Crippen molar-refractivity contribution >= 4 is 27.5 Å². The van der Waals surface area contributed by atoms with Gasteiger partial charge in [0.15, 0.2) is 0 Å². The second-order valence-corrected chi connectivity index (χ2v) is 5.23.